The zero-order chi connectivity index (χ0) is 20.7. The number of aliphatic imine (C=N–C) groups is 1. The molecule has 9 heteroatoms. The molecule has 1 aromatic carbocycles. The predicted octanol–water partition coefficient (Wildman–Crippen LogP) is 3.96. The highest BCUT2D eigenvalue weighted by Gasteiger charge is 2.45. The molecule has 2 N–H and O–H groups in total. The van der Waals surface area contributed by atoms with E-state index in [0.29, 0.717) is 25.0 Å². The van der Waals surface area contributed by atoms with Crippen LogP contribution in [-0.4, -0.2) is 52.5 Å². The van der Waals surface area contributed by atoms with Crippen LogP contribution in [0.15, 0.2) is 29.3 Å². The van der Waals surface area contributed by atoms with Crippen LogP contribution in [-0.2, 0) is 21.1 Å². The molecule has 1 aliphatic carbocycles. The first kappa shape index (κ1) is 25.2. The van der Waals surface area contributed by atoms with Crippen molar-refractivity contribution in [3.05, 3.63) is 35.4 Å². The number of nitrogens with zero attached hydrogens (tertiary/aromatic N) is 1. The predicted molar refractivity (Wildman–Crippen MR) is 121 cm³/mol. The summed E-state index contributed by atoms with van der Waals surface area (Å²) in [5, 5.41) is 6.50. The van der Waals surface area contributed by atoms with Crippen molar-refractivity contribution in [2.75, 3.05) is 46.6 Å². The first-order valence-corrected chi connectivity index (χ1v) is 10.2. The van der Waals surface area contributed by atoms with Gasteiger partial charge in [-0.05, 0) is 37.3 Å². The molecule has 30 heavy (non-hydrogen) atoms. The van der Waals surface area contributed by atoms with Crippen LogP contribution in [0.25, 0.3) is 0 Å². The zero-order valence-corrected chi connectivity index (χ0v) is 19.6. The molecule has 0 radical (unpaired) electrons. The number of benzene rings is 1. The molecule has 1 saturated heterocycles. The van der Waals surface area contributed by atoms with Gasteiger partial charge in [0.25, 0.3) is 0 Å². The average molecular weight is 541 g/mol. The summed E-state index contributed by atoms with van der Waals surface area (Å²) in [4.78, 5) is 4.21. The molecule has 1 unspecified atom stereocenters. The second-order valence-corrected chi connectivity index (χ2v) is 7.87. The fourth-order valence-electron chi connectivity index (χ4n) is 3.56. The minimum absolute atomic E-state index is 0. The van der Waals surface area contributed by atoms with Crippen LogP contribution in [0.3, 0.4) is 0 Å². The summed E-state index contributed by atoms with van der Waals surface area (Å²) in [6, 6.07) is 5.67. The molecule has 0 spiro atoms. The fourth-order valence-corrected chi connectivity index (χ4v) is 3.56. The van der Waals surface area contributed by atoms with Gasteiger partial charge in [0.05, 0.1) is 18.8 Å². The minimum Gasteiger partial charge on any atom is -0.381 e. The lowest BCUT2D eigenvalue weighted by atomic mass is 9.94. The Hall–Kier alpha value is -1.07. The molecule has 5 nitrogen and oxygen atoms in total. The SMILES string of the molecule is CN=C(NCCCOCC1CCOC1)NCC1(c2cccc(C(F)(F)F)c2)CC1.I. The summed E-state index contributed by atoms with van der Waals surface area (Å²) in [7, 11) is 1.69. The monoisotopic (exact) mass is 541 g/mol. The van der Waals surface area contributed by atoms with E-state index in [1.54, 1.807) is 13.1 Å². The van der Waals surface area contributed by atoms with Gasteiger partial charge in [-0.25, -0.2) is 0 Å². The molecule has 170 valence electrons. The van der Waals surface area contributed by atoms with Gasteiger partial charge in [0, 0.05) is 44.7 Å². The summed E-state index contributed by atoms with van der Waals surface area (Å²) in [5.41, 5.74) is -0.0988. The molecule has 2 aliphatic rings. The summed E-state index contributed by atoms with van der Waals surface area (Å²) < 4.78 is 50.0. The number of ether oxygens (including phenoxy) is 2. The van der Waals surface area contributed by atoms with E-state index < -0.39 is 11.7 Å². The van der Waals surface area contributed by atoms with Gasteiger partial charge < -0.3 is 20.1 Å². The van der Waals surface area contributed by atoms with Gasteiger partial charge in [0.2, 0.25) is 0 Å². The van der Waals surface area contributed by atoms with E-state index in [4.69, 9.17) is 9.47 Å². The molecular weight excluding hydrogens is 510 g/mol. The number of nitrogens with one attached hydrogen (secondary N) is 2. The third kappa shape index (κ3) is 7.26. The average Bonchev–Trinajstić information content (AvgIpc) is 3.32. The Kier molecular flexibility index (Phi) is 9.67. The van der Waals surface area contributed by atoms with Crippen LogP contribution < -0.4 is 10.6 Å². The van der Waals surface area contributed by atoms with Gasteiger partial charge >= 0.3 is 6.18 Å². The number of halogens is 4. The normalized spacial score (nSPS) is 20.5. The first-order valence-electron chi connectivity index (χ1n) is 10.2. The lowest BCUT2D eigenvalue weighted by molar-refractivity contribution is -0.137. The summed E-state index contributed by atoms with van der Waals surface area (Å²) in [6.07, 6.45) is -0.645. The highest BCUT2D eigenvalue weighted by molar-refractivity contribution is 14.0. The smallest absolute Gasteiger partial charge is 0.381 e. The number of alkyl halides is 3. The standard InChI is InChI=1S/C21H30F3N3O2.HI/c1-25-19(26-9-3-10-28-13-16-6-11-29-14-16)27-15-20(7-8-20)17-4-2-5-18(12-17)21(22,23)24;/h2,4-5,12,16H,3,6-11,13-15H2,1H3,(H2,25,26,27);1H. The highest BCUT2D eigenvalue weighted by atomic mass is 127. The van der Waals surface area contributed by atoms with E-state index in [-0.39, 0.29) is 29.4 Å². The third-order valence-corrected chi connectivity index (χ3v) is 5.61. The van der Waals surface area contributed by atoms with Crippen molar-refractivity contribution in [3.8, 4) is 0 Å². The topological polar surface area (TPSA) is 54.9 Å². The highest BCUT2D eigenvalue weighted by Crippen LogP contribution is 2.48. The van der Waals surface area contributed by atoms with Crippen LogP contribution in [0.2, 0.25) is 0 Å². The molecule has 0 bridgehead atoms. The van der Waals surface area contributed by atoms with Gasteiger partial charge in [0.1, 0.15) is 0 Å². The van der Waals surface area contributed by atoms with E-state index in [1.165, 1.54) is 12.1 Å². The first-order chi connectivity index (χ1) is 13.9. The van der Waals surface area contributed by atoms with E-state index >= 15 is 0 Å². The maximum Gasteiger partial charge on any atom is 0.416 e. The Morgan fingerprint density at radius 1 is 1.30 bits per heavy atom. The van der Waals surface area contributed by atoms with E-state index in [9.17, 15) is 13.2 Å². The van der Waals surface area contributed by atoms with Crippen molar-refractivity contribution in [1.82, 2.24) is 10.6 Å². The van der Waals surface area contributed by atoms with Gasteiger partial charge in [-0.15, -0.1) is 24.0 Å². The molecule has 1 aromatic rings. The van der Waals surface area contributed by atoms with Crippen molar-refractivity contribution < 1.29 is 22.6 Å². The Labute approximate surface area is 193 Å². The van der Waals surface area contributed by atoms with Crippen LogP contribution >= 0.6 is 24.0 Å². The van der Waals surface area contributed by atoms with Gasteiger partial charge in [-0.1, -0.05) is 18.2 Å². The molecule has 1 heterocycles. The Morgan fingerprint density at radius 3 is 2.73 bits per heavy atom. The van der Waals surface area contributed by atoms with E-state index in [2.05, 4.69) is 15.6 Å². The lowest BCUT2D eigenvalue weighted by Crippen LogP contribution is -2.41. The maximum atomic E-state index is 13.0. The van der Waals surface area contributed by atoms with Crippen molar-refractivity contribution in [3.63, 3.8) is 0 Å². The zero-order valence-electron chi connectivity index (χ0n) is 17.3. The summed E-state index contributed by atoms with van der Waals surface area (Å²) >= 11 is 0. The van der Waals surface area contributed by atoms with Gasteiger partial charge in [-0.3, -0.25) is 4.99 Å². The molecule has 1 saturated carbocycles. The summed E-state index contributed by atoms with van der Waals surface area (Å²) in [6.45, 7) is 4.33. The molecule has 0 aromatic heterocycles. The summed E-state index contributed by atoms with van der Waals surface area (Å²) in [5.74, 6) is 1.18. The number of guanidine groups is 1. The number of rotatable bonds is 9. The Morgan fingerprint density at radius 2 is 2.10 bits per heavy atom. The van der Waals surface area contributed by atoms with E-state index in [1.807, 2.05) is 0 Å². The van der Waals surface area contributed by atoms with Crippen molar-refractivity contribution in [2.45, 2.75) is 37.3 Å². The molecule has 1 aliphatic heterocycles. The van der Waals surface area contributed by atoms with Crippen molar-refractivity contribution >= 4 is 29.9 Å². The molecular formula is C21H31F3IN3O2. The van der Waals surface area contributed by atoms with Crippen LogP contribution in [0, 0.1) is 5.92 Å². The van der Waals surface area contributed by atoms with Gasteiger partial charge in [0.15, 0.2) is 5.96 Å². The molecule has 3 rings (SSSR count). The second kappa shape index (κ2) is 11.5. The minimum atomic E-state index is -4.32. The van der Waals surface area contributed by atoms with E-state index in [0.717, 1.165) is 63.7 Å². The Bertz CT molecular complexity index is 690. The van der Waals surface area contributed by atoms with Crippen LogP contribution in [0.4, 0.5) is 13.2 Å². The molecule has 2 fully saturated rings. The molecule has 0 amide bonds. The number of hydrogen-bond donors (Lipinski definition) is 2. The Balaban J connectivity index is 0.00000320. The van der Waals surface area contributed by atoms with Gasteiger partial charge in [-0.2, -0.15) is 13.2 Å². The lowest BCUT2D eigenvalue weighted by Gasteiger charge is -2.20. The van der Waals surface area contributed by atoms with Crippen LogP contribution in [0.5, 0.6) is 0 Å². The van der Waals surface area contributed by atoms with Crippen molar-refractivity contribution in [1.29, 1.82) is 0 Å². The second-order valence-electron chi connectivity index (χ2n) is 7.87. The quantitative estimate of drug-likeness (QED) is 0.215. The maximum absolute atomic E-state index is 13.0. The largest absolute Gasteiger partial charge is 0.416 e. The fraction of sp³-hybridized carbons (Fsp3) is 0.667. The molecule has 1 atom stereocenters. The van der Waals surface area contributed by atoms with Crippen LogP contribution in [0.1, 0.15) is 36.8 Å². The number of hydrogen-bond acceptors (Lipinski definition) is 3. The van der Waals surface area contributed by atoms with Crippen molar-refractivity contribution in [2.24, 2.45) is 10.9 Å². The third-order valence-electron chi connectivity index (χ3n) is 5.61.